The number of aliphatic imine (C=N–C) groups is 1. The van der Waals surface area contributed by atoms with E-state index >= 15 is 0 Å². The number of nitrogens with zero attached hydrogens (tertiary/aromatic N) is 5. The molecule has 0 bridgehead atoms. The minimum Gasteiger partial charge on any atom is -0.294 e. The van der Waals surface area contributed by atoms with E-state index in [0.717, 1.165) is 39.4 Å². The molecule has 0 amide bonds. The zero-order chi connectivity index (χ0) is 17.2. The van der Waals surface area contributed by atoms with Crippen LogP contribution in [0, 0.1) is 6.92 Å². The van der Waals surface area contributed by atoms with Gasteiger partial charge in [-0.05, 0) is 37.3 Å². The molecule has 0 aliphatic rings. The van der Waals surface area contributed by atoms with Crippen LogP contribution in [-0.4, -0.2) is 33.0 Å². The second kappa shape index (κ2) is 6.28. The molecule has 0 fully saturated rings. The zero-order valence-electron chi connectivity index (χ0n) is 14.1. The number of fused-ring (bicyclic) bond motifs is 1. The number of pyridine rings is 2. The summed E-state index contributed by atoms with van der Waals surface area (Å²) >= 11 is 0. The molecule has 3 aromatic heterocycles. The molecule has 0 saturated heterocycles. The predicted octanol–water partition coefficient (Wildman–Crippen LogP) is 3.84. The molecule has 4 rings (SSSR count). The van der Waals surface area contributed by atoms with Gasteiger partial charge in [0.25, 0.3) is 0 Å². The minimum absolute atomic E-state index is 0.812. The summed E-state index contributed by atoms with van der Waals surface area (Å²) in [5, 5.41) is 5.57. The lowest BCUT2D eigenvalue weighted by atomic mass is 10.1. The first-order chi connectivity index (χ1) is 12.2. The van der Waals surface area contributed by atoms with Crippen molar-refractivity contribution >= 4 is 17.1 Å². The highest BCUT2D eigenvalue weighted by molar-refractivity contribution is 5.85. The van der Waals surface area contributed by atoms with Gasteiger partial charge in [-0.1, -0.05) is 24.3 Å². The van der Waals surface area contributed by atoms with Crippen LogP contribution in [0.3, 0.4) is 0 Å². The van der Waals surface area contributed by atoms with Gasteiger partial charge in [0.15, 0.2) is 5.82 Å². The topological polar surface area (TPSA) is 56.0 Å². The van der Waals surface area contributed by atoms with Gasteiger partial charge in [-0.15, -0.1) is 0 Å². The van der Waals surface area contributed by atoms with E-state index in [1.54, 1.807) is 13.3 Å². The number of aryl methyl sites for hydroxylation is 1. The van der Waals surface area contributed by atoms with Crippen molar-refractivity contribution in [1.29, 1.82) is 0 Å². The molecule has 25 heavy (non-hydrogen) atoms. The van der Waals surface area contributed by atoms with Crippen molar-refractivity contribution in [3.8, 4) is 17.1 Å². The van der Waals surface area contributed by atoms with Crippen LogP contribution >= 0.6 is 0 Å². The lowest BCUT2D eigenvalue weighted by Crippen LogP contribution is -2.00. The van der Waals surface area contributed by atoms with Crippen LogP contribution in [0.4, 0.5) is 0 Å². The molecule has 1 aromatic carbocycles. The quantitative estimate of drug-likeness (QED) is 0.537. The van der Waals surface area contributed by atoms with Crippen molar-refractivity contribution in [2.24, 2.45) is 4.99 Å². The van der Waals surface area contributed by atoms with Gasteiger partial charge in [0.05, 0.1) is 23.1 Å². The van der Waals surface area contributed by atoms with Crippen LogP contribution in [0.2, 0.25) is 0 Å². The molecule has 5 nitrogen and oxygen atoms in total. The second-order valence-corrected chi connectivity index (χ2v) is 5.80. The fourth-order valence-corrected chi connectivity index (χ4v) is 2.82. The van der Waals surface area contributed by atoms with E-state index in [2.05, 4.69) is 38.3 Å². The van der Waals surface area contributed by atoms with Crippen LogP contribution < -0.4 is 0 Å². The highest BCUT2D eigenvalue weighted by atomic mass is 15.3. The molecule has 0 unspecified atom stereocenters. The van der Waals surface area contributed by atoms with Gasteiger partial charge in [0.2, 0.25) is 0 Å². The Balaban J connectivity index is 1.85. The standard InChI is InChI=1S/C20H17N5/c1-14-5-3-8-20(23-14)25-19-11-15(9-10-16(19)12-22-25)18-7-4-6-17(24-18)13-21-2/h3-13H,1-2H3/b21-13-. The summed E-state index contributed by atoms with van der Waals surface area (Å²) in [6.45, 7) is 1.98. The second-order valence-electron chi connectivity index (χ2n) is 5.80. The first-order valence-corrected chi connectivity index (χ1v) is 8.06. The van der Waals surface area contributed by atoms with Crippen LogP contribution in [0.15, 0.2) is 65.8 Å². The van der Waals surface area contributed by atoms with Crippen molar-refractivity contribution < 1.29 is 0 Å². The largest absolute Gasteiger partial charge is 0.294 e. The van der Waals surface area contributed by atoms with Gasteiger partial charge in [0.1, 0.15) is 0 Å². The molecule has 5 heteroatoms. The number of benzene rings is 1. The molecule has 3 heterocycles. The predicted molar refractivity (Wildman–Crippen MR) is 100 cm³/mol. The van der Waals surface area contributed by atoms with Crippen LogP contribution in [0.1, 0.15) is 11.4 Å². The molecule has 0 N–H and O–H groups in total. The SMILES string of the molecule is C/N=C\c1cccc(-c2ccc3cnn(-c4cccc(C)n4)c3c2)n1. The smallest absolute Gasteiger partial charge is 0.154 e. The molecule has 0 radical (unpaired) electrons. The third-order valence-electron chi connectivity index (χ3n) is 3.99. The molecule has 122 valence electrons. The number of aromatic nitrogens is 4. The molecule has 0 aliphatic carbocycles. The summed E-state index contributed by atoms with van der Waals surface area (Å²) in [7, 11) is 1.74. The Bertz CT molecular complexity index is 1080. The summed E-state index contributed by atoms with van der Waals surface area (Å²) in [6, 6.07) is 18.1. The van der Waals surface area contributed by atoms with E-state index in [1.807, 2.05) is 54.2 Å². The van der Waals surface area contributed by atoms with E-state index in [4.69, 9.17) is 0 Å². The molecule has 0 saturated carbocycles. The molecule has 0 atom stereocenters. The third-order valence-corrected chi connectivity index (χ3v) is 3.99. The van der Waals surface area contributed by atoms with Crippen molar-refractivity contribution in [3.05, 3.63) is 72.2 Å². The Kier molecular flexibility index (Phi) is 3.82. The van der Waals surface area contributed by atoms with Gasteiger partial charge in [0, 0.05) is 29.9 Å². The fraction of sp³-hybridized carbons (Fsp3) is 0.100. The van der Waals surface area contributed by atoms with E-state index in [-0.39, 0.29) is 0 Å². The monoisotopic (exact) mass is 327 g/mol. The van der Waals surface area contributed by atoms with Gasteiger partial charge in [-0.25, -0.2) is 14.6 Å². The molecule has 0 aliphatic heterocycles. The first kappa shape index (κ1) is 15.2. The van der Waals surface area contributed by atoms with E-state index in [9.17, 15) is 0 Å². The lowest BCUT2D eigenvalue weighted by molar-refractivity contribution is 0.867. The van der Waals surface area contributed by atoms with Crippen molar-refractivity contribution in [3.63, 3.8) is 0 Å². The van der Waals surface area contributed by atoms with Crippen LogP contribution in [0.5, 0.6) is 0 Å². The first-order valence-electron chi connectivity index (χ1n) is 8.06. The highest BCUT2D eigenvalue weighted by Crippen LogP contribution is 2.24. The van der Waals surface area contributed by atoms with Gasteiger partial charge in [-0.2, -0.15) is 5.10 Å². The average Bonchev–Trinajstić information content (AvgIpc) is 3.05. The van der Waals surface area contributed by atoms with E-state index in [1.165, 1.54) is 0 Å². The Morgan fingerprint density at radius 3 is 2.72 bits per heavy atom. The maximum Gasteiger partial charge on any atom is 0.154 e. The van der Waals surface area contributed by atoms with Gasteiger partial charge < -0.3 is 0 Å². The van der Waals surface area contributed by atoms with Crippen molar-refractivity contribution in [1.82, 2.24) is 19.7 Å². The Morgan fingerprint density at radius 2 is 1.88 bits per heavy atom. The zero-order valence-corrected chi connectivity index (χ0v) is 14.1. The summed E-state index contributed by atoms with van der Waals surface area (Å²) in [5.41, 5.74) is 4.75. The molecular weight excluding hydrogens is 310 g/mol. The summed E-state index contributed by atoms with van der Waals surface area (Å²) in [5.74, 6) is 0.812. The van der Waals surface area contributed by atoms with E-state index in [0.29, 0.717) is 0 Å². The summed E-state index contributed by atoms with van der Waals surface area (Å²) in [4.78, 5) is 13.3. The number of hydrogen-bond donors (Lipinski definition) is 0. The minimum atomic E-state index is 0.812. The third kappa shape index (κ3) is 2.92. The van der Waals surface area contributed by atoms with Crippen molar-refractivity contribution in [2.75, 3.05) is 7.05 Å². The Morgan fingerprint density at radius 1 is 1.00 bits per heavy atom. The maximum absolute atomic E-state index is 4.65. The van der Waals surface area contributed by atoms with Crippen LogP contribution in [0.25, 0.3) is 28.0 Å². The summed E-state index contributed by atoms with van der Waals surface area (Å²) in [6.07, 6.45) is 3.61. The van der Waals surface area contributed by atoms with Crippen LogP contribution in [-0.2, 0) is 0 Å². The number of rotatable bonds is 3. The Hall–Kier alpha value is -3.34. The molecule has 4 aromatic rings. The highest BCUT2D eigenvalue weighted by Gasteiger charge is 2.09. The van der Waals surface area contributed by atoms with Gasteiger partial charge >= 0.3 is 0 Å². The Labute approximate surface area is 145 Å². The maximum atomic E-state index is 4.65. The normalized spacial score (nSPS) is 11.4. The van der Waals surface area contributed by atoms with Crippen molar-refractivity contribution in [2.45, 2.75) is 6.92 Å². The molecule has 0 spiro atoms. The summed E-state index contributed by atoms with van der Waals surface area (Å²) < 4.78 is 1.86. The fourth-order valence-electron chi connectivity index (χ4n) is 2.82. The average molecular weight is 327 g/mol. The lowest BCUT2D eigenvalue weighted by Gasteiger charge is -2.06. The number of hydrogen-bond acceptors (Lipinski definition) is 4. The molecular formula is C20H17N5. The van der Waals surface area contributed by atoms with Gasteiger partial charge in [-0.3, -0.25) is 4.99 Å². The van der Waals surface area contributed by atoms with E-state index < -0.39 is 0 Å².